The van der Waals surface area contributed by atoms with E-state index in [9.17, 15) is 4.79 Å². The highest BCUT2D eigenvalue weighted by Crippen LogP contribution is 2.39. The van der Waals surface area contributed by atoms with Crippen LogP contribution in [-0.4, -0.2) is 40.6 Å². The number of aromatic nitrogens is 2. The largest absolute Gasteiger partial charge is 0.338 e. The first kappa shape index (κ1) is 18.1. The highest BCUT2D eigenvalue weighted by Gasteiger charge is 2.35. The van der Waals surface area contributed by atoms with Crippen molar-refractivity contribution in [3.63, 3.8) is 0 Å². The lowest BCUT2D eigenvalue weighted by Gasteiger charge is -2.17. The summed E-state index contributed by atoms with van der Waals surface area (Å²) in [4.78, 5) is 19.5. The van der Waals surface area contributed by atoms with Crippen LogP contribution in [0.3, 0.4) is 0 Å². The van der Waals surface area contributed by atoms with E-state index in [1.807, 2.05) is 47.4 Å². The molecule has 29 heavy (non-hydrogen) atoms. The molecule has 1 aromatic heterocycles. The normalized spacial score (nSPS) is 21.5. The van der Waals surface area contributed by atoms with E-state index < -0.39 is 0 Å². The molecule has 0 radical (unpaired) electrons. The van der Waals surface area contributed by atoms with Crippen LogP contribution in [-0.2, 0) is 0 Å². The summed E-state index contributed by atoms with van der Waals surface area (Å²) in [5.41, 5.74) is 8.76. The van der Waals surface area contributed by atoms with Crippen LogP contribution in [0.5, 0.6) is 0 Å². The van der Waals surface area contributed by atoms with Crippen molar-refractivity contribution in [3.05, 3.63) is 71.5 Å². The van der Waals surface area contributed by atoms with E-state index >= 15 is 0 Å². The second kappa shape index (κ2) is 7.44. The summed E-state index contributed by atoms with van der Waals surface area (Å²) in [6.07, 6.45) is 2.27. The van der Waals surface area contributed by atoms with Gasteiger partial charge in [-0.3, -0.25) is 4.79 Å². The van der Waals surface area contributed by atoms with Crippen molar-refractivity contribution in [2.24, 2.45) is 11.7 Å². The summed E-state index contributed by atoms with van der Waals surface area (Å²) in [5.74, 6) is 2.36. The molecule has 1 amide bonds. The highest BCUT2D eigenvalue weighted by atomic mass is 16.5. The van der Waals surface area contributed by atoms with Crippen LogP contribution in [0.1, 0.15) is 46.4 Å². The Morgan fingerprint density at radius 1 is 1.07 bits per heavy atom. The van der Waals surface area contributed by atoms with E-state index in [0.29, 0.717) is 37.0 Å². The van der Waals surface area contributed by atoms with Crippen LogP contribution in [0.25, 0.3) is 11.5 Å². The Balaban J connectivity index is 1.31. The Morgan fingerprint density at radius 2 is 1.83 bits per heavy atom. The Hall–Kier alpha value is -2.99. The molecular weight excluding hydrogens is 364 g/mol. The smallest absolute Gasteiger partial charge is 0.257 e. The number of nitrogens with zero attached hydrogens (tertiary/aromatic N) is 3. The summed E-state index contributed by atoms with van der Waals surface area (Å²) in [7, 11) is 0. The predicted molar refractivity (Wildman–Crippen MR) is 109 cm³/mol. The molecule has 1 saturated carbocycles. The summed E-state index contributed by atoms with van der Waals surface area (Å²) >= 11 is 0. The molecule has 2 N–H and O–H groups in total. The lowest BCUT2D eigenvalue weighted by Crippen LogP contribution is -2.29. The van der Waals surface area contributed by atoms with Crippen molar-refractivity contribution in [2.75, 3.05) is 19.6 Å². The first-order valence-electron chi connectivity index (χ1n) is 10.2. The number of nitrogens with two attached hydrogens (primary N) is 1. The van der Waals surface area contributed by atoms with Crippen molar-refractivity contribution in [1.29, 1.82) is 0 Å². The third-order valence-electron chi connectivity index (χ3n) is 6.02. The molecular formula is C23H24N4O2. The van der Waals surface area contributed by atoms with Crippen LogP contribution in [0, 0.1) is 5.92 Å². The first-order chi connectivity index (χ1) is 14.2. The van der Waals surface area contributed by atoms with E-state index in [1.54, 1.807) is 0 Å². The molecule has 0 unspecified atom stereocenters. The molecule has 0 bridgehead atoms. The van der Waals surface area contributed by atoms with Crippen LogP contribution >= 0.6 is 0 Å². The number of hydrogen-bond acceptors (Lipinski definition) is 5. The van der Waals surface area contributed by atoms with Crippen LogP contribution in [0.4, 0.5) is 0 Å². The molecule has 2 heterocycles. The monoisotopic (exact) mass is 388 g/mol. The minimum atomic E-state index is 0.0395. The van der Waals surface area contributed by atoms with E-state index in [1.165, 1.54) is 5.56 Å². The molecule has 2 atom stereocenters. The Bertz CT molecular complexity index is 995. The van der Waals surface area contributed by atoms with Crippen molar-refractivity contribution in [2.45, 2.75) is 24.7 Å². The molecule has 1 aliphatic heterocycles. The predicted octanol–water partition coefficient (Wildman–Crippen LogP) is 3.43. The Morgan fingerprint density at radius 3 is 2.52 bits per heavy atom. The fourth-order valence-corrected chi connectivity index (χ4v) is 4.15. The van der Waals surface area contributed by atoms with Gasteiger partial charge in [0.2, 0.25) is 0 Å². The molecule has 2 aliphatic rings. The van der Waals surface area contributed by atoms with Crippen LogP contribution in [0.2, 0.25) is 0 Å². The molecule has 2 fully saturated rings. The van der Waals surface area contributed by atoms with Gasteiger partial charge in [0.05, 0.1) is 0 Å². The minimum Gasteiger partial charge on any atom is -0.338 e. The zero-order valence-electron chi connectivity index (χ0n) is 16.2. The van der Waals surface area contributed by atoms with Gasteiger partial charge >= 0.3 is 0 Å². The summed E-state index contributed by atoms with van der Waals surface area (Å²) in [6.45, 7) is 1.95. The average molecular weight is 388 g/mol. The Labute approximate surface area is 169 Å². The quantitative estimate of drug-likeness (QED) is 0.724. The fourth-order valence-electron chi connectivity index (χ4n) is 4.15. The standard InChI is InChI=1S/C23H24N4O2/c24-12-19-13-27(14-20(19)15-4-2-1-3-5-15)23(28)18-10-8-17(9-11-18)22-25-21(26-29-22)16-6-7-16/h1-5,8-11,16,19-20H,6-7,12-14,24H2/t19-,20+/m1/s1. The zero-order chi connectivity index (χ0) is 19.8. The number of amides is 1. The number of benzene rings is 2. The summed E-state index contributed by atoms with van der Waals surface area (Å²) in [5, 5.41) is 4.06. The first-order valence-corrected chi connectivity index (χ1v) is 10.2. The van der Waals surface area contributed by atoms with Crippen molar-refractivity contribution < 1.29 is 9.32 Å². The van der Waals surface area contributed by atoms with Gasteiger partial charge in [-0.05, 0) is 55.1 Å². The van der Waals surface area contributed by atoms with E-state index in [-0.39, 0.29) is 17.7 Å². The maximum atomic E-state index is 13.1. The maximum absolute atomic E-state index is 13.1. The maximum Gasteiger partial charge on any atom is 0.257 e. The fraction of sp³-hybridized carbons (Fsp3) is 0.348. The third kappa shape index (κ3) is 3.56. The van der Waals surface area contributed by atoms with Gasteiger partial charge in [-0.1, -0.05) is 35.5 Å². The molecule has 2 aromatic carbocycles. The average Bonchev–Trinajstić information content (AvgIpc) is 3.35. The van der Waals surface area contributed by atoms with Gasteiger partial charge in [-0.25, -0.2) is 0 Å². The number of carbonyl (C=O) groups is 1. The van der Waals surface area contributed by atoms with E-state index in [4.69, 9.17) is 10.3 Å². The van der Waals surface area contributed by atoms with Gasteiger partial charge in [-0.15, -0.1) is 0 Å². The molecule has 3 aromatic rings. The molecule has 1 aliphatic carbocycles. The molecule has 5 rings (SSSR count). The molecule has 148 valence electrons. The molecule has 0 spiro atoms. The topological polar surface area (TPSA) is 85.2 Å². The SMILES string of the molecule is NC[C@@H]1CN(C(=O)c2ccc(-c3nc(C4CC4)no3)cc2)C[C@H]1c1ccccc1. The van der Waals surface area contributed by atoms with Gasteiger partial charge in [-0.2, -0.15) is 4.98 Å². The second-order valence-electron chi connectivity index (χ2n) is 8.03. The van der Waals surface area contributed by atoms with Gasteiger partial charge in [0.1, 0.15) is 0 Å². The highest BCUT2D eigenvalue weighted by molar-refractivity contribution is 5.94. The summed E-state index contributed by atoms with van der Waals surface area (Å²) < 4.78 is 5.37. The second-order valence-corrected chi connectivity index (χ2v) is 8.03. The van der Waals surface area contributed by atoms with Gasteiger partial charge in [0, 0.05) is 36.1 Å². The van der Waals surface area contributed by atoms with Gasteiger partial charge in [0.15, 0.2) is 5.82 Å². The molecule has 6 heteroatoms. The number of hydrogen-bond donors (Lipinski definition) is 1. The molecule has 1 saturated heterocycles. The van der Waals surface area contributed by atoms with E-state index in [2.05, 4.69) is 22.3 Å². The van der Waals surface area contributed by atoms with Crippen LogP contribution < -0.4 is 5.73 Å². The van der Waals surface area contributed by atoms with Crippen molar-refractivity contribution in [1.82, 2.24) is 15.0 Å². The minimum absolute atomic E-state index is 0.0395. The number of likely N-dealkylation sites (tertiary alicyclic amines) is 1. The van der Waals surface area contributed by atoms with Gasteiger partial charge in [0.25, 0.3) is 11.8 Å². The molecule has 6 nitrogen and oxygen atoms in total. The zero-order valence-corrected chi connectivity index (χ0v) is 16.2. The lowest BCUT2D eigenvalue weighted by molar-refractivity contribution is 0.0786. The number of carbonyl (C=O) groups excluding carboxylic acids is 1. The third-order valence-corrected chi connectivity index (χ3v) is 6.02. The van der Waals surface area contributed by atoms with Crippen LogP contribution in [0.15, 0.2) is 59.1 Å². The van der Waals surface area contributed by atoms with Gasteiger partial charge < -0.3 is 15.2 Å². The van der Waals surface area contributed by atoms with E-state index in [0.717, 1.165) is 24.2 Å². The number of rotatable bonds is 5. The van der Waals surface area contributed by atoms with Crippen molar-refractivity contribution >= 4 is 5.91 Å². The lowest BCUT2D eigenvalue weighted by atomic mass is 9.89. The van der Waals surface area contributed by atoms with Crippen molar-refractivity contribution in [3.8, 4) is 11.5 Å². The summed E-state index contributed by atoms with van der Waals surface area (Å²) in [6, 6.07) is 17.8. The Kier molecular flexibility index (Phi) is 4.64.